The van der Waals surface area contributed by atoms with Gasteiger partial charge in [-0.3, -0.25) is 14.4 Å². The highest BCUT2D eigenvalue weighted by molar-refractivity contribution is 5.71. The first-order valence-electron chi connectivity index (χ1n) is 23.6. The van der Waals surface area contributed by atoms with Gasteiger partial charge in [0, 0.05) is 19.3 Å². The summed E-state index contributed by atoms with van der Waals surface area (Å²) in [6, 6.07) is 0. The molecule has 0 N–H and O–H groups in total. The highest BCUT2D eigenvalue weighted by Gasteiger charge is 2.19. The van der Waals surface area contributed by atoms with Gasteiger partial charge in [-0.15, -0.1) is 0 Å². The van der Waals surface area contributed by atoms with Crippen LogP contribution in [0.2, 0.25) is 0 Å². The second-order valence-corrected chi connectivity index (χ2v) is 15.7. The molecule has 0 fully saturated rings. The number of unbranched alkanes of at least 4 members (excludes halogenated alkanes) is 23. The number of carbonyl (C=O) groups is 3. The molecule has 0 aromatic heterocycles. The molecule has 0 aromatic carbocycles. The summed E-state index contributed by atoms with van der Waals surface area (Å²) < 4.78 is 16.7. The number of hydrogen-bond acceptors (Lipinski definition) is 6. The standard InChI is InChI=1S/C50H88O6/c1-4-7-10-13-16-19-22-23-24-25-26-29-31-34-37-40-43-49(52)55-46-47(56-50(53)44-41-38-35-32-28-21-18-15-12-9-6-3)45-54-48(51)42-39-36-33-30-27-20-17-14-11-8-5-2/h14-15,17-19,22,24-25,47H,4-13,16,20-21,23,26-46H2,1-3H3/b17-14-,18-15-,22-19-,25-24-. The zero-order valence-electron chi connectivity index (χ0n) is 36.9. The molecule has 0 aliphatic carbocycles. The van der Waals surface area contributed by atoms with Crippen LogP contribution in [0.1, 0.15) is 233 Å². The summed E-state index contributed by atoms with van der Waals surface area (Å²) in [6.45, 7) is 6.51. The van der Waals surface area contributed by atoms with Crippen molar-refractivity contribution in [1.29, 1.82) is 0 Å². The highest BCUT2D eigenvalue weighted by atomic mass is 16.6. The average molecular weight is 785 g/mol. The lowest BCUT2D eigenvalue weighted by Crippen LogP contribution is -2.30. The highest BCUT2D eigenvalue weighted by Crippen LogP contribution is 2.13. The van der Waals surface area contributed by atoms with E-state index >= 15 is 0 Å². The lowest BCUT2D eigenvalue weighted by molar-refractivity contribution is -0.167. The SMILES string of the molecule is CCCC/C=C\CCCCCCCC(=O)OCC(COC(=O)CCCCCCC/C=C\C/C=C\CCCCCC)OC(=O)CCCCCCC/C=C\CCCC. The van der Waals surface area contributed by atoms with Crippen LogP contribution in [-0.4, -0.2) is 37.2 Å². The van der Waals surface area contributed by atoms with Crippen LogP contribution in [0.5, 0.6) is 0 Å². The van der Waals surface area contributed by atoms with Crippen LogP contribution in [0.25, 0.3) is 0 Å². The monoisotopic (exact) mass is 785 g/mol. The molecule has 1 unspecified atom stereocenters. The quantitative estimate of drug-likeness (QED) is 0.0265. The summed E-state index contributed by atoms with van der Waals surface area (Å²) in [4.78, 5) is 37.7. The van der Waals surface area contributed by atoms with E-state index in [0.717, 1.165) is 96.3 Å². The maximum absolute atomic E-state index is 12.7. The van der Waals surface area contributed by atoms with Crippen LogP contribution in [0.3, 0.4) is 0 Å². The van der Waals surface area contributed by atoms with E-state index in [1.54, 1.807) is 0 Å². The lowest BCUT2D eigenvalue weighted by Gasteiger charge is -2.18. The Morgan fingerprint density at radius 2 is 0.661 bits per heavy atom. The van der Waals surface area contributed by atoms with E-state index in [-0.39, 0.29) is 31.1 Å². The normalized spacial score (nSPS) is 12.4. The Balaban J connectivity index is 4.39. The first-order valence-corrected chi connectivity index (χ1v) is 23.6. The predicted molar refractivity (Wildman–Crippen MR) is 238 cm³/mol. The van der Waals surface area contributed by atoms with Gasteiger partial charge in [0.2, 0.25) is 0 Å². The molecule has 0 aliphatic heterocycles. The zero-order valence-corrected chi connectivity index (χ0v) is 36.9. The maximum Gasteiger partial charge on any atom is 0.306 e. The summed E-state index contributed by atoms with van der Waals surface area (Å²) in [7, 11) is 0. The summed E-state index contributed by atoms with van der Waals surface area (Å²) >= 11 is 0. The molecule has 0 bridgehead atoms. The third kappa shape index (κ3) is 42.5. The minimum Gasteiger partial charge on any atom is -0.462 e. The Hall–Kier alpha value is -2.63. The first kappa shape index (κ1) is 53.4. The molecule has 0 heterocycles. The molecule has 0 rings (SSSR count). The molecule has 0 amide bonds. The lowest BCUT2D eigenvalue weighted by atomic mass is 10.1. The predicted octanol–water partition coefficient (Wildman–Crippen LogP) is 15.1. The van der Waals surface area contributed by atoms with E-state index in [1.807, 2.05) is 0 Å². The molecule has 0 saturated heterocycles. The van der Waals surface area contributed by atoms with Gasteiger partial charge in [0.15, 0.2) is 6.10 Å². The van der Waals surface area contributed by atoms with Crippen LogP contribution in [0.15, 0.2) is 48.6 Å². The summed E-state index contributed by atoms with van der Waals surface area (Å²) in [5.41, 5.74) is 0. The molecule has 6 nitrogen and oxygen atoms in total. The van der Waals surface area contributed by atoms with Gasteiger partial charge >= 0.3 is 17.9 Å². The van der Waals surface area contributed by atoms with Crippen molar-refractivity contribution in [2.75, 3.05) is 13.2 Å². The van der Waals surface area contributed by atoms with Crippen LogP contribution in [-0.2, 0) is 28.6 Å². The van der Waals surface area contributed by atoms with Crippen molar-refractivity contribution < 1.29 is 28.6 Å². The van der Waals surface area contributed by atoms with Gasteiger partial charge in [0.25, 0.3) is 0 Å². The molecule has 324 valence electrons. The second kappa shape index (κ2) is 45.1. The Kier molecular flexibility index (Phi) is 43.0. The topological polar surface area (TPSA) is 78.9 Å². The number of rotatable bonds is 42. The third-order valence-corrected chi connectivity index (χ3v) is 10.0. The fourth-order valence-electron chi connectivity index (χ4n) is 6.37. The van der Waals surface area contributed by atoms with Gasteiger partial charge in [-0.1, -0.05) is 172 Å². The van der Waals surface area contributed by atoms with Crippen molar-refractivity contribution in [3.63, 3.8) is 0 Å². The van der Waals surface area contributed by atoms with E-state index in [4.69, 9.17) is 14.2 Å². The maximum atomic E-state index is 12.7. The van der Waals surface area contributed by atoms with Crippen molar-refractivity contribution in [3.8, 4) is 0 Å². The largest absolute Gasteiger partial charge is 0.462 e. The first-order chi connectivity index (χ1) is 27.5. The Morgan fingerprint density at radius 1 is 0.357 bits per heavy atom. The van der Waals surface area contributed by atoms with Crippen molar-refractivity contribution >= 4 is 17.9 Å². The number of esters is 3. The molecule has 0 saturated carbocycles. The summed E-state index contributed by atoms with van der Waals surface area (Å²) in [5.74, 6) is -0.919. The van der Waals surface area contributed by atoms with E-state index in [0.29, 0.717) is 19.3 Å². The van der Waals surface area contributed by atoms with Gasteiger partial charge in [-0.25, -0.2) is 0 Å². The molecular weight excluding hydrogens is 697 g/mol. The van der Waals surface area contributed by atoms with E-state index in [9.17, 15) is 14.4 Å². The minimum atomic E-state index is -0.783. The van der Waals surface area contributed by atoms with Crippen LogP contribution in [0.4, 0.5) is 0 Å². The molecule has 56 heavy (non-hydrogen) atoms. The van der Waals surface area contributed by atoms with Gasteiger partial charge in [0.1, 0.15) is 13.2 Å². The van der Waals surface area contributed by atoms with Gasteiger partial charge < -0.3 is 14.2 Å². The zero-order chi connectivity index (χ0) is 40.8. The second-order valence-electron chi connectivity index (χ2n) is 15.7. The van der Waals surface area contributed by atoms with Crippen LogP contribution >= 0.6 is 0 Å². The third-order valence-electron chi connectivity index (χ3n) is 10.0. The van der Waals surface area contributed by atoms with Gasteiger partial charge in [-0.2, -0.15) is 0 Å². The number of hydrogen-bond donors (Lipinski definition) is 0. The summed E-state index contributed by atoms with van der Waals surface area (Å²) in [5, 5.41) is 0. The van der Waals surface area contributed by atoms with E-state index < -0.39 is 6.10 Å². The molecule has 0 aromatic rings. The van der Waals surface area contributed by atoms with Crippen molar-refractivity contribution in [2.24, 2.45) is 0 Å². The molecule has 0 radical (unpaired) electrons. The fourth-order valence-corrected chi connectivity index (χ4v) is 6.37. The molecule has 0 aliphatic rings. The van der Waals surface area contributed by atoms with E-state index in [2.05, 4.69) is 69.4 Å². The minimum absolute atomic E-state index is 0.0855. The van der Waals surface area contributed by atoms with Gasteiger partial charge in [-0.05, 0) is 89.9 Å². The summed E-state index contributed by atoms with van der Waals surface area (Å²) in [6.07, 6.45) is 52.3. The van der Waals surface area contributed by atoms with Gasteiger partial charge in [0.05, 0.1) is 0 Å². The average Bonchev–Trinajstić information content (AvgIpc) is 3.19. The smallest absolute Gasteiger partial charge is 0.306 e. The Labute approximate surface area is 346 Å². The van der Waals surface area contributed by atoms with Crippen LogP contribution < -0.4 is 0 Å². The van der Waals surface area contributed by atoms with E-state index in [1.165, 1.54) is 96.3 Å². The Bertz CT molecular complexity index is 996. The number of carbonyl (C=O) groups excluding carboxylic acids is 3. The molecule has 1 atom stereocenters. The molecule has 0 spiro atoms. The molecular formula is C50H88O6. The number of ether oxygens (including phenoxy) is 3. The van der Waals surface area contributed by atoms with Crippen LogP contribution in [0, 0.1) is 0 Å². The molecule has 6 heteroatoms. The van der Waals surface area contributed by atoms with Crippen molar-refractivity contribution in [1.82, 2.24) is 0 Å². The Morgan fingerprint density at radius 3 is 1.05 bits per heavy atom. The number of allylic oxidation sites excluding steroid dienone is 8. The van der Waals surface area contributed by atoms with Crippen molar-refractivity contribution in [3.05, 3.63) is 48.6 Å². The fraction of sp³-hybridized carbons (Fsp3) is 0.780. The van der Waals surface area contributed by atoms with Crippen molar-refractivity contribution in [2.45, 2.75) is 239 Å².